The van der Waals surface area contributed by atoms with Gasteiger partial charge in [-0.1, -0.05) is 6.42 Å². The highest BCUT2D eigenvalue weighted by Crippen LogP contribution is 2.43. The summed E-state index contributed by atoms with van der Waals surface area (Å²) in [4.78, 5) is 18.0. The highest BCUT2D eigenvalue weighted by atomic mass is 16.2. The fourth-order valence-electron chi connectivity index (χ4n) is 2.35. The SMILES string of the molecule is Cc1nc(CN(C)C(=O)CC2(CN)CCC2)n[nH]1. The number of H-pyrrole nitrogens is 1. The minimum atomic E-state index is 0.0558. The van der Waals surface area contributed by atoms with Crippen molar-refractivity contribution in [2.75, 3.05) is 13.6 Å². The lowest BCUT2D eigenvalue weighted by Gasteiger charge is -2.41. The van der Waals surface area contributed by atoms with E-state index in [2.05, 4.69) is 15.2 Å². The molecule has 1 aromatic heterocycles. The topological polar surface area (TPSA) is 87.9 Å². The standard InChI is InChI=1S/C12H21N5O/c1-9-14-10(16-15-9)7-17(2)11(18)6-12(8-13)4-3-5-12/h3-8,13H2,1-2H3,(H,14,15,16). The number of nitrogens with one attached hydrogen (secondary N) is 1. The maximum absolute atomic E-state index is 12.1. The number of carbonyl (C=O) groups excluding carboxylic acids is 1. The van der Waals surface area contributed by atoms with Gasteiger partial charge in [-0.3, -0.25) is 9.89 Å². The second-order valence-electron chi connectivity index (χ2n) is 5.32. The first-order valence-corrected chi connectivity index (χ1v) is 6.37. The van der Waals surface area contributed by atoms with Gasteiger partial charge in [0.2, 0.25) is 5.91 Å². The minimum absolute atomic E-state index is 0.0558. The Hall–Kier alpha value is -1.43. The number of amides is 1. The van der Waals surface area contributed by atoms with Gasteiger partial charge in [0.05, 0.1) is 6.54 Å². The van der Waals surface area contributed by atoms with E-state index in [1.807, 2.05) is 6.92 Å². The maximum atomic E-state index is 12.1. The molecule has 0 aromatic carbocycles. The Morgan fingerprint density at radius 2 is 2.28 bits per heavy atom. The summed E-state index contributed by atoms with van der Waals surface area (Å²) in [6.45, 7) is 2.90. The molecule has 6 heteroatoms. The minimum Gasteiger partial charge on any atom is -0.338 e. The average molecular weight is 251 g/mol. The van der Waals surface area contributed by atoms with E-state index < -0.39 is 0 Å². The van der Waals surface area contributed by atoms with Crippen molar-refractivity contribution < 1.29 is 4.79 Å². The third kappa shape index (κ3) is 2.69. The van der Waals surface area contributed by atoms with Crippen LogP contribution < -0.4 is 5.73 Å². The first-order chi connectivity index (χ1) is 8.54. The van der Waals surface area contributed by atoms with Gasteiger partial charge >= 0.3 is 0 Å². The van der Waals surface area contributed by atoms with Crippen molar-refractivity contribution in [2.45, 2.75) is 39.2 Å². The van der Waals surface area contributed by atoms with Crippen LogP contribution in [0.25, 0.3) is 0 Å². The number of nitrogens with two attached hydrogens (primary N) is 1. The highest BCUT2D eigenvalue weighted by Gasteiger charge is 2.38. The van der Waals surface area contributed by atoms with Crippen molar-refractivity contribution in [1.82, 2.24) is 20.1 Å². The van der Waals surface area contributed by atoms with Crippen molar-refractivity contribution in [3.63, 3.8) is 0 Å². The van der Waals surface area contributed by atoms with Crippen molar-refractivity contribution in [1.29, 1.82) is 0 Å². The fourth-order valence-corrected chi connectivity index (χ4v) is 2.35. The summed E-state index contributed by atoms with van der Waals surface area (Å²) >= 11 is 0. The van der Waals surface area contributed by atoms with E-state index in [-0.39, 0.29) is 11.3 Å². The summed E-state index contributed by atoms with van der Waals surface area (Å²) in [5, 5.41) is 6.81. The Kier molecular flexibility index (Phi) is 3.65. The van der Waals surface area contributed by atoms with Gasteiger partial charge in [0.15, 0.2) is 5.82 Å². The van der Waals surface area contributed by atoms with Crippen LogP contribution >= 0.6 is 0 Å². The number of aromatic amines is 1. The molecule has 1 heterocycles. The number of aromatic nitrogens is 3. The second-order valence-corrected chi connectivity index (χ2v) is 5.32. The second kappa shape index (κ2) is 5.06. The van der Waals surface area contributed by atoms with Crippen LogP contribution in [-0.2, 0) is 11.3 Å². The lowest BCUT2D eigenvalue weighted by atomic mass is 9.66. The molecule has 6 nitrogen and oxygen atoms in total. The average Bonchev–Trinajstić information content (AvgIpc) is 2.69. The summed E-state index contributed by atoms with van der Waals surface area (Å²) in [7, 11) is 1.79. The first-order valence-electron chi connectivity index (χ1n) is 6.37. The van der Waals surface area contributed by atoms with Gasteiger partial charge < -0.3 is 10.6 Å². The van der Waals surface area contributed by atoms with E-state index >= 15 is 0 Å². The zero-order valence-electron chi connectivity index (χ0n) is 11.1. The third-order valence-electron chi connectivity index (χ3n) is 3.82. The van der Waals surface area contributed by atoms with Crippen LogP contribution in [0.3, 0.4) is 0 Å². The molecule has 0 radical (unpaired) electrons. The molecule has 100 valence electrons. The Morgan fingerprint density at radius 1 is 1.56 bits per heavy atom. The predicted octanol–water partition coefficient (Wildman–Crippen LogP) is 0.591. The summed E-state index contributed by atoms with van der Waals surface area (Å²) in [5.74, 6) is 1.55. The molecule has 1 aliphatic rings. The van der Waals surface area contributed by atoms with Crippen LogP contribution in [0.5, 0.6) is 0 Å². The molecule has 3 N–H and O–H groups in total. The van der Waals surface area contributed by atoms with Gasteiger partial charge in [-0.2, -0.15) is 5.10 Å². The molecule has 2 rings (SSSR count). The van der Waals surface area contributed by atoms with Gasteiger partial charge in [0.25, 0.3) is 0 Å². The van der Waals surface area contributed by atoms with Crippen molar-refractivity contribution in [2.24, 2.45) is 11.1 Å². The van der Waals surface area contributed by atoms with Crippen LogP contribution in [-0.4, -0.2) is 39.6 Å². The molecule has 0 bridgehead atoms. The van der Waals surface area contributed by atoms with E-state index in [1.54, 1.807) is 11.9 Å². The van der Waals surface area contributed by atoms with E-state index in [0.29, 0.717) is 25.3 Å². The Bertz CT molecular complexity index is 418. The lowest BCUT2D eigenvalue weighted by Crippen LogP contribution is -2.42. The molecule has 0 unspecified atom stereocenters. The van der Waals surface area contributed by atoms with Crippen LogP contribution in [0, 0.1) is 12.3 Å². The van der Waals surface area contributed by atoms with Gasteiger partial charge in [0.1, 0.15) is 5.82 Å². The Labute approximate surface area is 107 Å². The number of nitrogens with zero attached hydrogens (tertiary/aromatic N) is 3. The molecule has 1 saturated carbocycles. The largest absolute Gasteiger partial charge is 0.338 e. The highest BCUT2D eigenvalue weighted by molar-refractivity contribution is 5.76. The molecule has 0 aliphatic heterocycles. The predicted molar refractivity (Wildman–Crippen MR) is 67.5 cm³/mol. The molecule has 1 amide bonds. The lowest BCUT2D eigenvalue weighted by molar-refractivity contribution is -0.134. The monoisotopic (exact) mass is 251 g/mol. The summed E-state index contributed by atoms with van der Waals surface area (Å²) in [6, 6.07) is 0. The van der Waals surface area contributed by atoms with Crippen LogP contribution in [0.15, 0.2) is 0 Å². The third-order valence-corrected chi connectivity index (χ3v) is 3.82. The molecule has 0 saturated heterocycles. The number of aryl methyl sites for hydroxylation is 1. The molecular formula is C12H21N5O. The number of hydrogen-bond donors (Lipinski definition) is 2. The molecule has 1 aromatic rings. The van der Waals surface area contributed by atoms with Crippen LogP contribution in [0.2, 0.25) is 0 Å². The normalized spacial score (nSPS) is 17.3. The zero-order valence-corrected chi connectivity index (χ0v) is 11.1. The number of carbonyl (C=O) groups is 1. The molecule has 1 fully saturated rings. The van der Waals surface area contributed by atoms with Crippen molar-refractivity contribution in [3.05, 3.63) is 11.6 Å². The number of hydrogen-bond acceptors (Lipinski definition) is 4. The molecule has 0 spiro atoms. The van der Waals surface area contributed by atoms with Gasteiger partial charge in [-0.25, -0.2) is 4.98 Å². The summed E-state index contributed by atoms with van der Waals surface area (Å²) in [5.41, 5.74) is 5.83. The van der Waals surface area contributed by atoms with E-state index in [4.69, 9.17) is 5.73 Å². The van der Waals surface area contributed by atoms with Gasteiger partial charge in [-0.05, 0) is 31.7 Å². The van der Waals surface area contributed by atoms with Gasteiger partial charge in [-0.15, -0.1) is 0 Å². The van der Waals surface area contributed by atoms with Crippen molar-refractivity contribution in [3.8, 4) is 0 Å². The number of rotatable bonds is 5. The maximum Gasteiger partial charge on any atom is 0.223 e. The molecule has 0 atom stereocenters. The van der Waals surface area contributed by atoms with Gasteiger partial charge in [0, 0.05) is 13.5 Å². The molecular weight excluding hydrogens is 230 g/mol. The van der Waals surface area contributed by atoms with E-state index in [1.165, 1.54) is 6.42 Å². The van der Waals surface area contributed by atoms with Crippen molar-refractivity contribution >= 4 is 5.91 Å². The Morgan fingerprint density at radius 3 is 2.72 bits per heavy atom. The quantitative estimate of drug-likeness (QED) is 0.801. The summed E-state index contributed by atoms with van der Waals surface area (Å²) in [6.07, 6.45) is 3.88. The van der Waals surface area contributed by atoms with E-state index in [0.717, 1.165) is 18.7 Å². The molecule has 1 aliphatic carbocycles. The smallest absolute Gasteiger partial charge is 0.223 e. The van der Waals surface area contributed by atoms with E-state index in [9.17, 15) is 4.79 Å². The van der Waals surface area contributed by atoms with Crippen LogP contribution in [0.1, 0.15) is 37.3 Å². The van der Waals surface area contributed by atoms with Crippen LogP contribution in [0.4, 0.5) is 0 Å². The molecule has 18 heavy (non-hydrogen) atoms. The summed E-state index contributed by atoms with van der Waals surface area (Å²) < 4.78 is 0. The Balaban J connectivity index is 1.88. The zero-order chi connectivity index (χ0) is 13.2. The fraction of sp³-hybridized carbons (Fsp3) is 0.750. The first kappa shape index (κ1) is 13.0.